The van der Waals surface area contributed by atoms with Crippen LogP contribution < -0.4 is 5.32 Å². The Labute approximate surface area is 97.2 Å². The van der Waals surface area contributed by atoms with Gasteiger partial charge in [-0.25, -0.2) is 0 Å². The Morgan fingerprint density at radius 3 is 3.19 bits per heavy atom. The van der Waals surface area contributed by atoms with Gasteiger partial charge in [0.25, 0.3) is 0 Å². The monoisotopic (exact) mass is 229 g/mol. The number of anilines is 1. The first kappa shape index (κ1) is 9.42. The van der Waals surface area contributed by atoms with Crippen molar-refractivity contribution >= 4 is 28.1 Å². The van der Waals surface area contributed by atoms with Gasteiger partial charge in [0.05, 0.1) is 16.7 Å². The number of hydrogen-bond donors (Lipinski definition) is 2. The number of aromatic nitrogens is 2. The third kappa shape index (κ3) is 1.67. The number of fused-ring (bicyclic) bond motifs is 1. The van der Waals surface area contributed by atoms with Gasteiger partial charge in [0.1, 0.15) is 0 Å². The number of nitrogens with zero attached hydrogens (tertiary/aromatic N) is 1. The molecule has 0 atom stereocenters. The zero-order valence-corrected chi connectivity index (χ0v) is 9.42. The average Bonchev–Trinajstić information content (AvgIpc) is 2.97. The molecule has 0 bridgehead atoms. The normalized spacial score (nSPS) is 10.8. The summed E-state index contributed by atoms with van der Waals surface area (Å²) in [5, 5.41) is 5.51. The second-order valence-corrected chi connectivity index (χ2v) is 4.56. The lowest BCUT2D eigenvalue weighted by Gasteiger charge is -2.05. The zero-order chi connectivity index (χ0) is 10.8. The van der Waals surface area contributed by atoms with E-state index in [1.54, 1.807) is 11.3 Å². The molecule has 0 saturated carbocycles. The highest BCUT2D eigenvalue weighted by Gasteiger charge is 2.02. The van der Waals surface area contributed by atoms with Crippen LogP contribution >= 0.6 is 11.3 Å². The lowest BCUT2D eigenvalue weighted by atomic mass is 10.3. The van der Waals surface area contributed by atoms with Crippen LogP contribution in [0.5, 0.6) is 0 Å². The number of pyridine rings is 1. The third-order valence-corrected chi connectivity index (χ3v) is 3.36. The Bertz CT molecular complexity index is 583. The second kappa shape index (κ2) is 3.98. The Balaban J connectivity index is 1.86. The van der Waals surface area contributed by atoms with E-state index >= 15 is 0 Å². The first-order valence-electron chi connectivity index (χ1n) is 5.12. The summed E-state index contributed by atoms with van der Waals surface area (Å²) in [6, 6.07) is 8.17. The van der Waals surface area contributed by atoms with Crippen molar-refractivity contribution < 1.29 is 0 Å². The molecule has 4 heteroatoms. The van der Waals surface area contributed by atoms with E-state index in [0.717, 1.165) is 23.3 Å². The Morgan fingerprint density at radius 1 is 1.31 bits per heavy atom. The van der Waals surface area contributed by atoms with E-state index in [-0.39, 0.29) is 0 Å². The lowest BCUT2D eigenvalue weighted by Crippen LogP contribution is -1.98. The van der Waals surface area contributed by atoms with Gasteiger partial charge in [0.2, 0.25) is 0 Å². The predicted molar refractivity (Wildman–Crippen MR) is 67.7 cm³/mol. The quantitative estimate of drug-likeness (QED) is 0.724. The summed E-state index contributed by atoms with van der Waals surface area (Å²) in [6.45, 7) is 0.857. The summed E-state index contributed by atoms with van der Waals surface area (Å²) < 4.78 is 0. The van der Waals surface area contributed by atoms with Gasteiger partial charge in [0.15, 0.2) is 0 Å². The number of aromatic amines is 1. The van der Waals surface area contributed by atoms with Crippen LogP contribution in [0, 0.1) is 0 Å². The van der Waals surface area contributed by atoms with E-state index in [1.165, 1.54) is 4.88 Å². The standard InChI is InChI=1S/C12H11N3S/c1-2-9(16-7-1)8-15-11-3-5-13-10-4-6-14-12(10)11/h1-7,14H,8H2,(H,13,15). The van der Waals surface area contributed by atoms with Gasteiger partial charge in [-0.05, 0) is 23.6 Å². The molecule has 3 heterocycles. The number of hydrogen-bond acceptors (Lipinski definition) is 3. The first-order chi connectivity index (χ1) is 7.93. The van der Waals surface area contributed by atoms with Gasteiger partial charge in [-0.2, -0.15) is 0 Å². The SMILES string of the molecule is c1csc(CNc2ccnc3cc[nH]c23)c1. The highest BCUT2D eigenvalue weighted by Crippen LogP contribution is 2.20. The molecule has 0 aromatic carbocycles. The molecule has 0 aliphatic heterocycles. The fourth-order valence-electron chi connectivity index (χ4n) is 1.70. The average molecular weight is 229 g/mol. The smallest absolute Gasteiger partial charge is 0.0900 e. The Hall–Kier alpha value is -1.81. The highest BCUT2D eigenvalue weighted by atomic mass is 32.1. The van der Waals surface area contributed by atoms with Crippen molar-refractivity contribution in [3.63, 3.8) is 0 Å². The Morgan fingerprint density at radius 2 is 2.31 bits per heavy atom. The van der Waals surface area contributed by atoms with Crippen molar-refractivity contribution in [3.05, 3.63) is 46.9 Å². The van der Waals surface area contributed by atoms with Gasteiger partial charge in [0, 0.05) is 23.8 Å². The van der Waals surface area contributed by atoms with Crippen molar-refractivity contribution in [3.8, 4) is 0 Å². The van der Waals surface area contributed by atoms with Crippen molar-refractivity contribution in [2.24, 2.45) is 0 Å². The van der Waals surface area contributed by atoms with Gasteiger partial charge >= 0.3 is 0 Å². The van der Waals surface area contributed by atoms with Crippen LogP contribution in [-0.4, -0.2) is 9.97 Å². The van der Waals surface area contributed by atoms with Crippen LogP contribution in [0.4, 0.5) is 5.69 Å². The molecule has 0 spiro atoms. The van der Waals surface area contributed by atoms with E-state index in [4.69, 9.17) is 0 Å². The molecular weight excluding hydrogens is 218 g/mol. The maximum Gasteiger partial charge on any atom is 0.0900 e. The summed E-state index contributed by atoms with van der Waals surface area (Å²) in [6.07, 6.45) is 3.74. The molecule has 80 valence electrons. The number of H-pyrrole nitrogens is 1. The van der Waals surface area contributed by atoms with Crippen molar-refractivity contribution in [2.45, 2.75) is 6.54 Å². The van der Waals surface area contributed by atoms with Gasteiger partial charge in [-0.1, -0.05) is 6.07 Å². The van der Waals surface area contributed by atoms with E-state index in [0.29, 0.717) is 0 Å². The van der Waals surface area contributed by atoms with Gasteiger partial charge < -0.3 is 10.3 Å². The molecule has 2 N–H and O–H groups in total. The molecule has 0 amide bonds. The van der Waals surface area contributed by atoms with Crippen LogP contribution in [0.25, 0.3) is 11.0 Å². The molecule has 0 radical (unpaired) electrons. The topological polar surface area (TPSA) is 40.7 Å². The van der Waals surface area contributed by atoms with Gasteiger partial charge in [-0.15, -0.1) is 11.3 Å². The number of rotatable bonds is 3. The van der Waals surface area contributed by atoms with Crippen LogP contribution in [-0.2, 0) is 6.54 Å². The summed E-state index contributed by atoms with van der Waals surface area (Å²) in [7, 11) is 0. The number of nitrogens with one attached hydrogen (secondary N) is 2. The van der Waals surface area contributed by atoms with E-state index < -0.39 is 0 Å². The van der Waals surface area contributed by atoms with Gasteiger partial charge in [-0.3, -0.25) is 4.98 Å². The molecular formula is C12H11N3S. The minimum absolute atomic E-state index is 0.857. The van der Waals surface area contributed by atoms with Crippen LogP contribution in [0.15, 0.2) is 42.0 Å². The molecule has 3 aromatic rings. The van der Waals surface area contributed by atoms with E-state index in [1.807, 2.05) is 24.5 Å². The molecule has 0 unspecified atom stereocenters. The third-order valence-electron chi connectivity index (χ3n) is 2.48. The van der Waals surface area contributed by atoms with Crippen LogP contribution in [0.2, 0.25) is 0 Å². The zero-order valence-electron chi connectivity index (χ0n) is 8.60. The predicted octanol–water partition coefficient (Wildman–Crippen LogP) is 3.24. The maximum absolute atomic E-state index is 4.28. The molecule has 3 aromatic heterocycles. The number of thiophene rings is 1. The molecule has 16 heavy (non-hydrogen) atoms. The van der Waals surface area contributed by atoms with E-state index in [2.05, 4.69) is 32.8 Å². The highest BCUT2D eigenvalue weighted by molar-refractivity contribution is 7.09. The fraction of sp³-hybridized carbons (Fsp3) is 0.0833. The molecule has 0 aliphatic carbocycles. The summed E-state index contributed by atoms with van der Waals surface area (Å²) in [5.74, 6) is 0. The fourth-order valence-corrected chi connectivity index (χ4v) is 2.35. The van der Waals surface area contributed by atoms with Crippen molar-refractivity contribution in [1.82, 2.24) is 9.97 Å². The molecule has 3 rings (SSSR count). The summed E-state index contributed by atoms with van der Waals surface area (Å²) >= 11 is 1.76. The first-order valence-corrected chi connectivity index (χ1v) is 6.00. The minimum Gasteiger partial charge on any atom is -0.378 e. The minimum atomic E-state index is 0.857. The van der Waals surface area contributed by atoms with Crippen LogP contribution in [0.3, 0.4) is 0 Å². The molecule has 0 aliphatic rings. The van der Waals surface area contributed by atoms with E-state index in [9.17, 15) is 0 Å². The molecule has 3 nitrogen and oxygen atoms in total. The molecule has 0 fully saturated rings. The summed E-state index contributed by atoms with van der Waals surface area (Å²) in [5.41, 5.74) is 3.17. The van der Waals surface area contributed by atoms with Crippen molar-refractivity contribution in [2.75, 3.05) is 5.32 Å². The van der Waals surface area contributed by atoms with Crippen LogP contribution in [0.1, 0.15) is 4.88 Å². The van der Waals surface area contributed by atoms with Crippen molar-refractivity contribution in [1.29, 1.82) is 0 Å². The second-order valence-electron chi connectivity index (χ2n) is 3.53. The summed E-state index contributed by atoms with van der Waals surface area (Å²) in [4.78, 5) is 8.80. The Kier molecular flexibility index (Phi) is 2.34. The largest absolute Gasteiger partial charge is 0.378 e. The molecule has 0 saturated heterocycles. The lowest BCUT2D eigenvalue weighted by molar-refractivity contribution is 1.19. The maximum atomic E-state index is 4.28.